The van der Waals surface area contributed by atoms with E-state index < -0.39 is 6.17 Å². The fraction of sp³-hybridized carbons (Fsp3) is 1.00. The molecule has 0 aromatic heterocycles. The van der Waals surface area contributed by atoms with Gasteiger partial charge in [-0.15, -0.1) is 0 Å². The average Bonchev–Trinajstić information content (AvgIpc) is 1.84. The van der Waals surface area contributed by atoms with Crippen LogP contribution < -0.4 is 0 Å². The van der Waals surface area contributed by atoms with Gasteiger partial charge in [0, 0.05) is 0 Å². The van der Waals surface area contributed by atoms with Crippen molar-refractivity contribution in [3.05, 3.63) is 0 Å². The maximum atomic E-state index is 12.4. The van der Waals surface area contributed by atoms with Crippen LogP contribution in [0.3, 0.4) is 0 Å². The monoisotopic (exact) mass is 184 g/mol. The Balaban J connectivity index is 3.29. The Morgan fingerprint density at radius 3 is 2.38 bits per heavy atom. The second kappa shape index (κ2) is 4.27. The van der Waals surface area contributed by atoms with Crippen molar-refractivity contribution < 1.29 is 8.22 Å². The lowest BCUT2D eigenvalue weighted by Gasteiger charge is -2.09. The van der Waals surface area contributed by atoms with E-state index in [0.29, 0.717) is 6.42 Å². The van der Waals surface area contributed by atoms with Gasteiger partial charge in [-0.1, -0.05) is 6.92 Å². The predicted octanol–water partition coefficient (Wildman–Crippen LogP) is 2.45. The zero-order chi connectivity index (χ0) is 6.57. The zero-order valence-electron chi connectivity index (χ0n) is 5.03. The SMILES string of the molecule is CCC(F)C(C)OBr. The Kier molecular flexibility index (Phi) is 4.47. The first kappa shape index (κ1) is 8.37. The van der Waals surface area contributed by atoms with Crippen LogP contribution in [-0.4, -0.2) is 12.3 Å². The number of halogens is 2. The molecule has 0 amide bonds. The third-order valence-electron chi connectivity index (χ3n) is 1.04. The van der Waals surface area contributed by atoms with Crippen molar-refractivity contribution in [3.63, 3.8) is 0 Å². The highest BCUT2D eigenvalue weighted by Gasteiger charge is 2.12. The van der Waals surface area contributed by atoms with Gasteiger partial charge in [0.15, 0.2) is 0 Å². The van der Waals surface area contributed by atoms with Crippen molar-refractivity contribution in [2.75, 3.05) is 0 Å². The molecule has 3 heteroatoms. The second-order valence-corrected chi connectivity index (χ2v) is 2.09. The van der Waals surface area contributed by atoms with Gasteiger partial charge < -0.3 is 3.83 Å². The molecule has 0 aromatic carbocycles. The first-order chi connectivity index (χ1) is 3.72. The van der Waals surface area contributed by atoms with Gasteiger partial charge in [-0.05, 0) is 13.3 Å². The van der Waals surface area contributed by atoms with Crippen LogP contribution in [0.2, 0.25) is 0 Å². The van der Waals surface area contributed by atoms with Crippen LogP contribution in [0.5, 0.6) is 0 Å². The van der Waals surface area contributed by atoms with E-state index in [4.69, 9.17) is 0 Å². The summed E-state index contributed by atoms with van der Waals surface area (Å²) in [7, 11) is 0. The number of rotatable bonds is 3. The zero-order valence-corrected chi connectivity index (χ0v) is 6.61. The van der Waals surface area contributed by atoms with Crippen molar-refractivity contribution in [1.29, 1.82) is 0 Å². The Hall–Kier alpha value is 0.370. The number of alkyl halides is 1. The molecule has 0 spiro atoms. The molecule has 50 valence electrons. The van der Waals surface area contributed by atoms with Gasteiger partial charge in [0.05, 0.1) is 16.3 Å². The molecule has 0 aromatic rings. The normalized spacial score (nSPS) is 18.0. The fourth-order valence-corrected chi connectivity index (χ4v) is 0.622. The first-order valence-corrected chi connectivity index (χ1v) is 3.28. The summed E-state index contributed by atoms with van der Waals surface area (Å²) in [4.78, 5) is 0. The Labute approximate surface area is 57.7 Å². The van der Waals surface area contributed by atoms with E-state index in [9.17, 15) is 4.39 Å². The highest BCUT2D eigenvalue weighted by molar-refractivity contribution is 9.06. The molecule has 0 fully saturated rings. The molecule has 1 nitrogen and oxygen atoms in total. The maximum Gasteiger partial charge on any atom is 0.127 e. The largest absolute Gasteiger partial charge is 0.302 e. The van der Waals surface area contributed by atoms with E-state index in [-0.39, 0.29) is 6.10 Å². The summed E-state index contributed by atoms with van der Waals surface area (Å²) in [5.74, 6) is 0. The molecule has 0 saturated heterocycles. The van der Waals surface area contributed by atoms with Crippen LogP contribution in [-0.2, 0) is 3.83 Å². The molecule has 0 aliphatic heterocycles. The van der Waals surface area contributed by atoms with Crippen molar-refractivity contribution in [1.82, 2.24) is 0 Å². The van der Waals surface area contributed by atoms with Gasteiger partial charge >= 0.3 is 0 Å². The lowest BCUT2D eigenvalue weighted by Crippen LogP contribution is -2.16. The van der Waals surface area contributed by atoms with E-state index in [1.54, 1.807) is 13.8 Å². The van der Waals surface area contributed by atoms with Crippen molar-refractivity contribution >= 4 is 16.3 Å². The molecule has 2 atom stereocenters. The quantitative estimate of drug-likeness (QED) is 0.656. The third-order valence-corrected chi connectivity index (χ3v) is 1.63. The molecular weight excluding hydrogens is 175 g/mol. The van der Waals surface area contributed by atoms with E-state index in [0.717, 1.165) is 0 Å². The minimum atomic E-state index is -0.852. The van der Waals surface area contributed by atoms with Crippen LogP contribution in [0.4, 0.5) is 4.39 Å². The summed E-state index contributed by atoms with van der Waals surface area (Å²) in [6, 6.07) is 0. The summed E-state index contributed by atoms with van der Waals surface area (Å²) in [5.41, 5.74) is 0. The second-order valence-electron chi connectivity index (χ2n) is 1.72. The van der Waals surface area contributed by atoms with Crippen molar-refractivity contribution in [2.24, 2.45) is 0 Å². The molecule has 0 rings (SSSR count). The smallest absolute Gasteiger partial charge is 0.127 e. The highest BCUT2D eigenvalue weighted by Crippen LogP contribution is 2.08. The summed E-state index contributed by atoms with van der Waals surface area (Å²) < 4.78 is 16.9. The molecule has 0 heterocycles. The van der Waals surface area contributed by atoms with Crippen LogP contribution >= 0.6 is 16.3 Å². The van der Waals surface area contributed by atoms with Crippen LogP contribution in [0, 0.1) is 0 Å². The minimum absolute atomic E-state index is 0.333. The standard InChI is InChI=1S/C5H10BrFO/c1-3-5(7)4(2)8-6/h4-5H,3H2,1-2H3. The van der Waals surface area contributed by atoms with Crippen molar-refractivity contribution in [2.45, 2.75) is 32.5 Å². The van der Waals surface area contributed by atoms with Gasteiger partial charge in [0.2, 0.25) is 0 Å². The predicted molar refractivity (Wildman–Crippen MR) is 34.7 cm³/mol. The molecule has 0 radical (unpaired) electrons. The van der Waals surface area contributed by atoms with Gasteiger partial charge in [-0.2, -0.15) is 0 Å². The molecule has 0 saturated carbocycles. The summed E-state index contributed by atoms with van der Waals surface area (Å²) in [5, 5.41) is 0. The first-order valence-electron chi connectivity index (χ1n) is 2.63. The Bertz CT molecular complexity index is 52.4. The Morgan fingerprint density at radius 1 is 1.75 bits per heavy atom. The molecule has 0 aliphatic rings. The van der Waals surface area contributed by atoms with E-state index in [2.05, 4.69) is 20.1 Å². The molecule has 0 N–H and O–H groups in total. The van der Waals surface area contributed by atoms with E-state index in [1.807, 2.05) is 0 Å². The van der Waals surface area contributed by atoms with Gasteiger partial charge in [0.1, 0.15) is 12.3 Å². The highest BCUT2D eigenvalue weighted by atomic mass is 79.9. The van der Waals surface area contributed by atoms with Crippen LogP contribution in [0.1, 0.15) is 20.3 Å². The lowest BCUT2D eigenvalue weighted by molar-refractivity contribution is 0.142. The van der Waals surface area contributed by atoms with E-state index in [1.165, 1.54) is 0 Å². The average molecular weight is 185 g/mol. The van der Waals surface area contributed by atoms with Gasteiger partial charge in [0.25, 0.3) is 0 Å². The van der Waals surface area contributed by atoms with Gasteiger partial charge in [-0.25, -0.2) is 4.39 Å². The number of hydrogen-bond acceptors (Lipinski definition) is 1. The fourth-order valence-electron chi connectivity index (χ4n) is 0.388. The number of hydrogen-bond donors (Lipinski definition) is 0. The topological polar surface area (TPSA) is 9.23 Å². The molecular formula is C5H10BrFO. The molecule has 0 bridgehead atoms. The van der Waals surface area contributed by atoms with Crippen LogP contribution in [0.25, 0.3) is 0 Å². The molecule has 0 aliphatic carbocycles. The summed E-state index contributed by atoms with van der Waals surface area (Å²) >= 11 is 2.72. The van der Waals surface area contributed by atoms with Crippen molar-refractivity contribution in [3.8, 4) is 0 Å². The minimum Gasteiger partial charge on any atom is -0.302 e. The lowest BCUT2D eigenvalue weighted by atomic mass is 10.2. The molecule has 8 heavy (non-hydrogen) atoms. The van der Waals surface area contributed by atoms with Gasteiger partial charge in [-0.3, -0.25) is 0 Å². The Morgan fingerprint density at radius 2 is 2.25 bits per heavy atom. The van der Waals surface area contributed by atoms with E-state index >= 15 is 0 Å². The van der Waals surface area contributed by atoms with Crippen LogP contribution in [0.15, 0.2) is 0 Å². The summed E-state index contributed by atoms with van der Waals surface area (Å²) in [6.07, 6.45) is -0.679. The molecule has 2 unspecified atom stereocenters. The maximum absolute atomic E-state index is 12.4. The third kappa shape index (κ3) is 2.62. The summed E-state index contributed by atoms with van der Waals surface area (Å²) in [6.45, 7) is 3.47.